The van der Waals surface area contributed by atoms with E-state index >= 15 is 4.39 Å². The maximum absolute atomic E-state index is 15.1. The number of halogens is 1. The van der Waals surface area contributed by atoms with Crippen molar-refractivity contribution in [3.05, 3.63) is 69.5 Å². The number of β-amino-alcohol motifs (C(OH)–C–C–N with tert-alkyl or cyclic N) is 1. The summed E-state index contributed by atoms with van der Waals surface area (Å²) in [7, 11) is 3.74. The molecule has 4 aromatic heterocycles. The highest BCUT2D eigenvalue weighted by Crippen LogP contribution is 2.32. The molecule has 0 spiro atoms. The third-order valence-electron chi connectivity index (χ3n) is 6.16. The first-order valence-corrected chi connectivity index (χ1v) is 12.0. The number of hydrogen-bond acceptors (Lipinski definition) is 10. The monoisotopic (exact) mass is 524 g/mol. The minimum atomic E-state index is -1.72. The topological polar surface area (TPSA) is 142 Å². The second-order valence-corrected chi connectivity index (χ2v) is 9.79. The van der Waals surface area contributed by atoms with Crippen LogP contribution in [0.5, 0.6) is 0 Å². The van der Waals surface area contributed by atoms with Gasteiger partial charge >= 0.3 is 5.97 Å². The standard InChI is InChI=1S/C24H21FN6O5S/c1-29(2)14-4-3-13(27-9-14)7-18(32)24(36)11-30(12-24)21-17(25)8-15-19(33)16(22(34)35)10-31(20(15)28-21)23-26-5-6-37-23/h3-6,8-10,36H,7,11-12H2,1-2H3,(H,34,35). The third kappa shape index (κ3) is 4.32. The number of anilines is 2. The fourth-order valence-corrected chi connectivity index (χ4v) is 4.71. The molecule has 1 fully saturated rings. The van der Waals surface area contributed by atoms with Gasteiger partial charge in [0.2, 0.25) is 5.43 Å². The van der Waals surface area contributed by atoms with E-state index in [1.807, 2.05) is 25.1 Å². The molecule has 11 nitrogen and oxygen atoms in total. The van der Waals surface area contributed by atoms with Crippen molar-refractivity contribution in [3.8, 4) is 5.13 Å². The molecule has 37 heavy (non-hydrogen) atoms. The van der Waals surface area contributed by atoms with Crippen LogP contribution in [0.2, 0.25) is 0 Å². The number of carbonyl (C=O) groups excluding carboxylic acids is 1. The number of pyridine rings is 3. The van der Waals surface area contributed by atoms with Crippen LogP contribution in [-0.4, -0.2) is 74.3 Å². The Morgan fingerprint density at radius 2 is 2.00 bits per heavy atom. The number of nitrogens with zero attached hydrogens (tertiary/aromatic N) is 6. The summed E-state index contributed by atoms with van der Waals surface area (Å²) in [5.41, 5.74) is -1.77. The van der Waals surface area contributed by atoms with Crippen LogP contribution >= 0.6 is 11.3 Å². The highest BCUT2D eigenvalue weighted by atomic mass is 32.1. The van der Waals surface area contributed by atoms with Gasteiger partial charge < -0.3 is 20.0 Å². The second kappa shape index (κ2) is 9.01. The van der Waals surface area contributed by atoms with Gasteiger partial charge in [-0.25, -0.2) is 19.2 Å². The number of Topliss-reactive ketones (excluding diaryl/α,β-unsaturated/α-hetero) is 1. The van der Waals surface area contributed by atoms with Gasteiger partial charge in [-0.2, -0.15) is 0 Å². The molecule has 1 aliphatic heterocycles. The molecule has 190 valence electrons. The van der Waals surface area contributed by atoms with Gasteiger partial charge in [-0.05, 0) is 18.2 Å². The summed E-state index contributed by atoms with van der Waals surface area (Å²) in [6, 6.07) is 4.45. The van der Waals surface area contributed by atoms with Gasteiger partial charge in [-0.1, -0.05) is 0 Å². The first kappa shape index (κ1) is 24.5. The Labute approximate surface area is 213 Å². The quantitative estimate of drug-likeness (QED) is 0.365. The molecule has 5 rings (SSSR count). The highest BCUT2D eigenvalue weighted by molar-refractivity contribution is 7.12. The van der Waals surface area contributed by atoms with Gasteiger partial charge in [-0.3, -0.25) is 19.1 Å². The average Bonchev–Trinajstić information content (AvgIpc) is 3.37. The van der Waals surface area contributed by atoms with Crippen molar-refractivity contribution in [3.63, 3.8) is 0 Å². The van der Waals surface area contributed by atoms with Crippen molar-refractivity contribution in [2.75, 3.05) is 37.0 Å². The number of carboxylic acids is 1. The summed E-state index contributed by atoms with van der Waals surface area (Å²) in [4.78, 5) is 53.1. The van der Waals surface area contributed by atoms with Gasteiger partial charge in [0.15, 0.2) is 33.8 Å². The van der Waals surface area contributed by atoms with E-state index in [0.717, 1.165) is 18.0 Å². The molecule has 0 aromatic carbocycles. The van der Waals surface area contributed by atoms with Crippen molar-refractivity contribution in [2.24, 2.45) is 0 Å². The summed E-state index contributed by atoms with van der Waals surface area (Å²) < 4.78 is 16.4. The van der Waals surface area contributed by atoms with Crippen molar-refractivity contribution in [1.82, 2.24) is 19.5 Å². The van der Waals surface area contributed by atoms with E-state index in [1.165, 1.54) is 27.0 Å². The largest absolute Gasteiger partial charge is 0.477 e. The normalized spacial score (nSPS) is 14.4. The van der Waals surface area contributed by atoms with E-state index in [-0.39, 0.29) is 36.4 Å². The van der Waals surface area contributed by atoms with Gasteiger partial charge in [0, 0.05) is 37.6 Å². The lowest BCUT2D eigenvalue weighted by Crippen LogP contribution is -2.67. The Bertz CT molecular complexity index is 1580. The fourth-order valence-electron chi connectivity index (χ4n) is 4.10. The number of carbonyl (C=O) groups is 2. The van der Waals surface area contributed by atoms with Crippen LogP contribution in [0.3, 0.4) is 0 Å². The highest BCUT2D eigenvalue weighted by Gasteiger charge is 2.48. The minimum absolute atomic E-state index is 0.00768. The molecule has 0 amide bonds. The minimum Gasteiger partial charge on any atom is -0.477 e. The molecule has 1 saturated heterocycles. The molecule has 13 heteroatoms. The van der Waals surface area contributed by atoms with Crippen LogP contribution in [0.15, 0.2) is 47.0 Å². The van der Waals surface area contributed by atoms with Gasteiger partial charge in [0.25, 0.3) is 0 Å². The number of fused-ring (bicyclic) bond motifs is 1. The van der Waals surface area contributed by atoms with Crippen LogP contribution in [0.1, 0.15) is 16.1 Å². The van der Waals surface area contributed by atoms with Crippen LogP contribution in [-0.2, 0) is 11.2 Å². The first-order valence-electron chi connectivity index (χ1n) is 11.1. The molecule has 1 aliphatic rings. The Balaban J connectivity index is 1.44. The van der Waals surface area contributed by atoms with E-state index < -0.39 is 34.2 Å². The van der Waals surface area contributed by atoms with Crippen LogP contribution in [0.4, 0.5) is 15.9 Å². The van der Waals surface area contributed by atoms with Crippen LogP contribution < -0.4 is 15.2 Å². The predicted molar refractivity (Wildman–Crippen MR) is 134 cm³/mol. The molecule has 0 radical (unpaired) electrons. The zero-order chi connectivity index (χ0) is 26.5. The number of rotatable bonds is 7. The van der Waals surface area contributed by atoms with Crippen molar-refractivity contribution in [1.29, 1.82) is 0 Å². The number of aromatic nitrogens is 4. The lowest BCUT2D eigenvalue weighted by molar-refractivity contribution is -0.139. The number of aliphatic hydroxyl groups is 1. The predicted octanol–water partition coefficient (Wildman–Crippen LogP) is 1.50. The molecule has 0 bridgehead atoms. The van der Waals surface area contributed by atoms with Crippen molar-refractivity contribution in [2.45, 2.75) is 12.0 Å². The molecule has 4 aromatic rings. The van der Waals surface area contributed by atoms with E-state index in [9.17, 15) is 24.6 Å². The molecular weight excluding hydrogens is 503 g/mol. The lowest BCUT2D eigenvalue weighted by Gasteiger charge is -2.46. The first-order chi connectivity index (χ1) is 17.6. The average molecular weight is 525 g/mol. The van der Waals surface area contributed by atoms with Gasteiger partial charge in [0.05, 0.1) is 36.8 Å². The van der Waals surface area contributed by atoms with Gasteiger partial charge in [-0.15, -0.1) is 11.3 Å². The third-order valence-corrected chi connectivity index (χ3v) is 6.93. The van der Waals surface area contributed by atoms with Crippen molar-refractivity contribution < 1.29 is 24.2 Å². The van der Waals surface area contributed by atoms with Crippen molar-refractivity contribution >= 4 is 45.6 Å². The number of thiazole rings is 1. The van der Waals surface area contributed by atoms with E-state index in [0.29, 0.717) is 10.8 Å². The molecule has 0 aliphatic carbocycles. The zero-order valence-electron chi connectivity index (χ0n) is 19.8. The molecule has 2 N–H and O–H groups in total. The Kier molecular flexibility index (Phi) is 5.96. The summed E-state index contributed by atoms with van der Waals surface area (Å²) in [6.07, 6.45) is 4.14. The fraction of sp³-hybridized carbons (Fsp3) is 0.250. The number of hydrogen-bond donors (Lipinski definition) is 2. The summed E-state index contributed by atoms with van der Waals surface area (Å²) in [6.45, 7) is -0.405. The molecular formula is C24H21FN6O5S. The van der Waals surface area contributed by atoms with E-state index in [1.54, 1.807) is 17.6 Å². The Hall–Kier alpha value is -4.23. The second-order valence-electron chi connectivity index (χ2n) is 8.92. The summed E-state index contributed by atoms with van der Waals surface area (Å²) in [5.74, 6) is -2.97. The number of carboxylic acid groups (broad SMARTS) is 1. The summed E-state index contributed by atoms with van der Waals surface area (Å²) >= 11 is 1.18. The Morgan fingerprint density at radius 3 is 2.59 bits per heavy atom. The lowest BCUT2D eigenvalue weighted by atomic mass is 9.87. The molecule has 0 unspecified atom stereocenters. The molecule has 0 atom stereocenters. The van der Waals surface area contributed by atoms with Crippen LogP contribution in [0, 0.1) is 5.82 Å². The zero-order valence-corrected chi connectivity index (χ0v) is 20.6. The SMILES string of the molecule is CN(C)c1ccc(CC(=O)C2(O)CN(c3nc4c(cc3F)c(=O)c(C(=O)O)cn4-c3nccs3)C2)nc1. The molecule has 0 saturated carbocycles. The van der Waals surface area contributed by atoms with E-state index in [2.05, 4.69) is 15.0 Å². The van der Waals surface area contributed by atoms with Crippen LogP contribution in [0.25, 0.3) is 16.2 Å². The smallest absolute Gasteiger partial charge is 0.341 e. The maximum atomic E-state index is 15.1. The summed E-state index contributed by atoms with van der Waals surface area (Å²) in [5, 5.41) is 22.1. The number of aromatic carboxylic acids is 1. The molecule has 5 heterocycles. The Morgan fingerprint density at radius 1 is 1.24 bits per heavy atom. The van der Waals surface area contributed by atoms with E-state index in [4.69, 9.17) is 0 Å². The maximum Gasteiger partial charge on any atom is 0.341 e. The van der Waals surface area contributed by atoms with Gasteiger partial charge in [0.1, 0.15) is 5.56 Å². The number of ketones is 1.